The van der Waals surface area contributed by atoms with Gasteiger partial charge in [-0.15, -0.1) is 11.3 Å². The Morgan fingerprint density at radius 3 is 2.81 bits per heavy atom. The Balaban J connectivity index is 1.62. The van der Waals surface area contributed by atoms with E-state index in [1.165, 1.54) is 0 Å². The standard InChI is InChI=1S/C22H28N6O2S/c1-4-23-19(29)14-27-8-6-9-28(11-10-27)22(30)16-13-17(18-7-5-12-31-18)24-21-20(16)15(2)25-26(21)3/h5,7,12-13H,4,6,8-11,14H2,1-3H3,(H,23,29). The fraction of sp³-hybridized carbons (Fsp3) is 0.455. The number of pyridine rings is 1. The predicted octanol–water partition coefficient (Wildman–Crippen LogP) is 2.29. The molecular formula is C22H28N6O2S. The molecule has 0 radical (unpaired) electrons. The minimum absolute atomic E-state index is 0.00108. The van der Waals surface area contributed by atoms with Crippen molar-refractivity contribution in [3.63, 3.8) is 0 Å². The molecule has 0 aliphatic carbocycles. The van der Waals surface area contributed by atoms with Gasteiger partial charge in [0.05, 0.1) is 33.8 Å². The lowest BCUT2D eigenvalue weighted by Crippen LogP contribution is -2.40. The minimum Gasteiger partial charge on any atom is -0.355 e. The molecule has 8 nitrogen and oxygen atoms in total. The van der Waals surface area contributed by atoms with E-state index in [0.29, 0.717) is 38.3 Å². The number of likely N-dealkylation sites (N-methyl/N-ethyl adjacent to an activating group) is 1. The number of aromatic nitrogens is 3. The van der Waals surface area contributed by atoms with Crippen molar-refractivity contribution in [2.75, 3.05) is 39.3 Å². The molecule has 4 heterocycles. The van der Waals surface area contributed by atoms with Crippen LogP contribution in [0.1, 0.15) is 29.4 Å². The fourth-order valence-corrected chi connectivity index (χ4v) is 4.81. The van der Waals surface area contributed by atoms with Crippen LogP contribution >= 0.6 is 11.3 Å². The summed E-state index contributed by atoms with van der Waals surface area (Å²) in [6.07, 6.45) is 0.836. The molecule has 0 atom stereocenters. The third-order valence-corrected chi connectivity index (χ3v) is 6.48. The number of thiophene rings is 1. The number of carbonyl (C=O) groups excluding carboxylic acids is 2. The van der Waals surface area contributed by atoms with E-state index in [2.05, 4.69) is 15.3 Å². The summed E-state index contributed by atoms with van der Waals surface area (Å²) in [5.41, 5.74) is 2.97. The molecule has 0 saturated carbocycles. The third kappa shape index (κ3) is 4.47. The molecule has 0 spiro atoms. The van der Waals surface area contributed by atoms with Crippen LogP contribution in [0, 0.1) is 6.92 Å². The van der Waals surface area contributed by atoms with Gasteiger partial charge in [-0.2, -0.15) is 5.10 Å². The maximum atomic E-state index is 13.6. The van der Waals surface area contributed by atoms with Gasteiger partial charge in [0.25, 0.3) is 5.91 Å². The van der Waals surface area contributed by atoms with E-state index in [1.807, 2.05) is 49.4 Å². The van der Waals surface area contributed by atoms with Crippen LogP contribution in [0.3, 0.4) is 0 Å². The topological polar surface area (TPSA) is 83.4 Å². The van der Waals surface area contributed by atoms with Crippen molar-refractivity contribution in [2.45, 2.75) is 20.3 Å². The number of hydrogen-bond acceptors (Lipinski definition) is 6. The summed E-state index contributed by atoms with van der Waals surface area (Å²) in [4.78, 5) is 35.4. The normalized spacial score (nSPS) is 15.3. The van der Waals surface area contributed by atoms with Crippen molar-refractivity contribution in [1.82, 2.24) is 29.9 Å². The average molecular weight is 441 g/mol. The molecule has 0 bridgehead atoms. The molecule has 9 heteroatoms. The van der Waals surface area contributed by atoms with Crippen molar-refractivity contribution in [3.05, 3.63) is 34.8 Å². The molecule has 2 amide bonds. The Hall–Kier alpha value is -2.78. The van der Waals surface area contributed by atoms with Crippen molar-refractivity contribution >= 4 is 34.2 Å². The lowest BCUT2D eigenvalue weighted by molar-refractivity contribution is -0.122. The van der Waals surface area contributed by atoms with Crippen LogP contribution in [0.5, 0.6) is 0 Å². The Kier molecular flexibility index (Phi) is 6.33. The molecule has 164 valence electrons. The number of nitrogens with zero attached hydrogens (tertiary/aromatic N) is 5. The monoisotopic (exact) mass is 440 g/mol. The zero-order valence-corrected chi connectivity index (χ0v) is 19.0. The van der Waals surface area contributed by atoms with E-state index in [4.69, 9.17) is 4.98 Å². The quantitative estimate of drug-likeness (QED) is 0.658. The van der Waals surface area contributed by atoms with Gasteiger partial charge in [-0.3, -0.25) is 19.2 Å². The molecule has 4 rings (SSSR count). The van der Waals surface area contributed by atoms with Crippen LogP contribution in [-0.2, 0) is 11.8 Å². The molecule has 1 aliphatic heterocycles. The first-order chi connectivity index (χ1) is 15.0. The van der Waals surface area contributed by atoms with Gasteiger partial charge in [0.2, 0.25) is 5.91 Å². The van der Waals surface area contributed by atoms with Crippen LogP contribution in [0.15, 0.2) is 23.6 Å². The molecular weight excluding hydrogens is 412 g/mol. The van der Waals surface area contributed by atoms with E-state index < -0.39 is 0 Å². The highest BCUT2D eigenvalue weighted by Gasteiger charge is 2.26. The first kappa shape index (κ1) is 21.5. The first-order valence-electron chi connectivity index (χ1n) is 10.6. The van der Waals surface area contributed by atoms with Gasteiger partial charge in [0, 0.05) is 39.8 Å². The summed E-state index contributed by atoms with van der Waals surface area (Å²) in [5, 5.41) is 10.2. The van der Waals surface area contributed by atoms with Crippen LogP contribution in [0.2, 0.25) is 0 Å². The van der Waals surface area contributed by atoms with E-state index in [0.717, 1.165) is 40.3 Å². The molecule has 1 fully saturated rings. The number of amides is 2. The van der Waals surface area contributed by atoms with E-state index >= 15 is 0 Å². The van der Waals surface area contributed by atoms with E-state index in [1.54, 1.807) is 16.0 Å². The maximum Gasteiger partial charge on any atom is 0.254 e. The molecule has 1 saturated heterocycles. The number of carbonyl (C=O) groups is 2. The van der Waals surface area contributed by atoms with Gasteiger partial charge in [0.15, 0.2) is 5.65 Å². The van der Waals surface area contributed by atoms with Crippen molar-refractivity contribution in [3.8, 4) is 10.6 Å². The van der Waals surface area contributed by atoms with Crippen LogP contribution < -0.4 is 5.32 Å². The number of aryl methyl sites for hydroxylation is 2. The molecule has 31 heavy (non-hydrogen) atoms. The van der Waals surface area contributed by atoms with Crippen LogP contribution in [0.25, 0.3) is 21.6 Å². The molecule has 0 aromatic carbocycles. The van der Waals surface area contributed by atoms with Crippen molar-refractivity contribution < 1.29 is 9.59 Å². The molecule has 3 aromatic rings. The molecule has 3 aromatic heterocycles. The van der Waals surface area contributed by atoms with Crippen molar-refractivity contribution in [2.24, 2.45) is 7.05 Å². The third-order valence-electron chi connectivity index (χ3n) is 5.59. The van der Waals surface area contributed by atoms with E-state index in [-0.39, 0.29) is 11.8 Å². The smallest absolute Gasteiger partial charge is 0.254 e. The lowest BCUT2D eigenvalue weighted by Gasteiger charge is -2.22. The van der Waals surface area contributed by atoms with Gasteiger partial charge < -0.3 is 10.2 Å². The highest BCUT2D eigenvalue weighted by Crippen LogP contribution is 2.30. The summed E-state index contributed by atoms with van der Waals surface area (Å²) >= 11 is 1.60. The van der Waals surface area contributed by atoms with Crippen LogP contribution in [-0.4, -0.2) is 75.6 Å². The largest absolute Gasteiger partial charge is 0.355 e. The Bertz CT molecular complexity index is 1090. The Morgan fingerprint density at radius 1 is 1.23 bits per heavy atom. The van der Waals surface area contributed by atoms with Crippen molar-refractivity contribution in [1.29, 1.82) is 0 Å². The number of rotatable bonds is 5. The Morgan fingerprint density at radius 2 is 2.06 bits per heavy atom. The van der Waals surface area contributed by atoms with Gasteiger partial charge in [-0.05, 0) is 37.8 Å². The fourth-order valence-electron chi connectivity index (χ4n) is 4.12. The lowest BCUT2D eigenvalue weighted by atomic mass is 10.1. The summed E-state index contributed by atoms with van der Waals surface area (Å²) in [5.74, 6) is 0.0332. The zero-order valence-electron chi connectivity index (χ0n) is 18.2. The number of fused-ring (bicyclic) bond motifs is 1. The second-order valence-electron chi connectivity index (χ2n) is 7.82. The highest BCUT2D eigenvalue weighted by molar-refractivity contribution is 7.13. The second kappa shape index (κ2) is 9.15. The zero-order chi connectivity index (χ0) is 22.0. The maximum absolute atomic E-state index is 13.6. The van der Waals surface area contributed by atoms with Gasteiger partial charge >= 0.3 is 0 Å². The molecule has 0 unspecified atom stereocenters. The van der Waals surface area contributed by atoms with Gasteiger partial charge in [-0.1, -0.05) is 6.07 Å². The SMILES string of the molecule is CCNC(=O)CN1CCCN(C(=O)c2cc(-c3cccs3)nc3c2c(C)nn3C)CC1. The average Bonchev–Trinajstić information content (AvgIpc) is 3.31. The molecule has 1 aliphatic rings. The summed E-state index contributed by atoms with van der Waals surface area (Å²) < 4.78 is 1.75. The predicted molar refractivity (Wildman–Crippen MR) is 122 cm³/mol. The second-order valence-corrected chi connectivity index (χ2v) is 8.76. The number of nitrogens with one attached hydrogen (secondary N) is 1. The number of hydrogen-bond donors (Lipinski definition) is 1. The van der Waals surface area contributed by atoms with E-state index in [9.17, 15) is 9.59 Å². The molecule has 1 N–H and O–H groups in total. The highest BCUT2D eigenvalue weighted by atomic mass is 32.1. The minimum atomic E-state index is 0.00108. The van der Waals surface area contributed by atoms with Gasteiger partial charge in [-0.25, -0.2) is 4.98 Å². The Labute approximate surface area is 185 Å². The summed E-state index contributed by atoms with van der Waals surface area (Å²) in [6, 6.07) is 5.91. The van der Waals surface area contributed by atoms with Crippen LogP contribution in [0.4, 0.5) is 0 Å². The summed E-state index contributed by atoms with van der Waals surface area (Å²) in [7, 11) is 1.86. The summed E-state index contributed by atoms with van der Waals surface area (Å²) in [6.45, 7) is 7.59. The van der Waals surface area contributed by atoms with Gasteiger partial charge in [0.1, 0.15) is 0 Å². The first-order valence-corrected chi connectivity index (χ1v) is 11.5.